The van der Waals surface area contributed by atoms with Gasteiger partial charge in [-0.2, -0.15) is 0 Å². The van der Waals surface area contributed by atoms with Gasteiger partial charge in [0.15, 0.2) is 0 Å². The lowest BCUT2D eigenvalue weighted by molar-refractivity contribution is 0.283. The zero-order valence-corrected chi connectivity index (χ0v) is 14.3. The maximum atomic E-state index is 3.82. The van der Waals surface area contributed by atoms with E-state index < -0.39 is 0 Å². The van der Waals surface area contributed by atoms with Crippen molar-refractivity contribution in [3.05, 3.63) is 0 Å². The lowest BCUT2D eigenvalue weighted by Crippen LogP contribution is -2.37. The number of rotatable bonds is 12. The minimum atomic E-state index is 0.657. The third-order valence-electron chi connectivity index (χ3n) is 4.40. The highest BCUT2D eigenvalue weighted by atomic mass is 15.1. The van der Waals surface area contributed by atoms with E-state index in [1.807, 2.05) is 0 Å². The van der Waals surface area contributed by atoms with Crippen molar-refractivity contribution in [3.8, 4) is 0 Å². The molecule has 0 aromatic rings. The second-order valence-corrected chi connectivity index (χ2v) is 6.09. The second kappa shape index (κ2) is 11.7. The van der Waals surface area contributed by atoms with Gasteiger partial charge in [-0.3, -0.25) is 0 Å². The van der Waals surface area contributed by atoms with Crippen LogP contribution in [0.1, 0.15) is 73.6 Å². The summed E-state index contributed by atoms with van der Waals surface area (Å²) in [5.41, 5.74) is 0. The van der Waals surface area contributed by atoms with Crippen molar-refractivity contribution in [1.29, 1.82) is 0 Å². The average Bonchev–Trinajstić information content (AvgIpc) is 2.42. The summed E-state index contributed by atoms with van der Waals surface area (Å²) >= 11 is 0. The minimum absolute atomic E-state index is 0.657. The summed E-state index contributed by atoms with van der Waals surface area (Å²) < 4.78 is 0. The Hall–Kier alpha value is -0.0800. The summed E-state index contributed by atoms with van der Waals surface area (Å²) in [4.78, 5) is 2.52. The molecule has 19 heavy (non-hydrogen) atoms. The van der Waals surface area contributed by atoms with Gasteiger partial charge < -0.3 is 10.2 Å². The molecule has 0 radical (unpaired) electrons. The summed E-state index contributed by atoms with van der Waals surface area (Å²) in [5, 5.41) is 3.82. The van der Waals surface area contributed by atoms with Gasteiger partial charge in [-0.1, -0.05) is 41.0 Å². The summed E-state index contributed by atoms with van der Waals surface area (Å²) in [6, 6.07) is 1.36. The van der Waals surface area contributed by atoms with Crippen LogP contribution >= 0.6 is 0 Å². The van der Waals surface area contributed by atoms with Crippen LogP contribution in [0.4, 0.5) is 0 Å². The summed E-state index contributed by atoms with van der Waals surface area (Å²) in [6.07, 6.45) is 6.50. The van der Waals surface area contributed by atoms with Crippen molar-refractivity contribution in [2.45, 2.75) is 85.7 Å². The van der Waals surface area contributed by atoms with Crippen LogP contribution in [0.15, 0.2) is 0 Å². The van der Waals surface area contributed by atoms with Gasteiger partial charge >= 0.3 is 0 Å². The smallest absolute Gasteiger partial charge is 0.00694 e. The van der Waals surface area contributed by atoms with Gasteiger partial charge in [0.1, 0.15) is 0 Å². The number of nitrogens with one attached hydrogen (secondary N) is 1. The molecular formula is C17H38N2. The van der Waals surface area contributed by atoms with E-state index >= 15 is 0 Å². The third-order valence-corrected chi connectivity index (χ3v) is 4.40. The average molecular weight is 271 g/mol. The second-order valence-electron chi connectivity index (χ2n) is 6.09. The molecule has 0 aliphatic heterocycles. The molecule has 0 spiro atoms. The zero-order valence-electron chi connectivity index (χ0n) is 14.3. The van der Waals surface area contributed by atoms with Gasteiger partial charge in [-0.15, -0.1) is 0 Å². The van der Waals surface area contributed by atoms with Gasteiger partial charge in [0.2, 0.25) is 0 Å². The van der Waals surface area contributed by atoms with Crippen molar-refractivity contribution in [3.63, 3.8) is 0 Å². The Morgan fingerprint density at radius 2 is 1.58 bits per heavy atom. The molecule has 3 unspecified atom stereocenters. The van der Waals surface area contributed by atoms with Gasteiger partial charge in [0.05, 0.1) is 0 Å². The van der Waals surface area contributed by atoms with Crippen molar-refractivity contribution in [1.82, 2.24) is 10.2 Å². The predicted octanol–water partition coefficient (Wildman–Crippen LogP) is 4.30. The SMILES string of the molecule is CCC(C)CC(CC)NC(C)CCCN(CC)CC. The molecule has 1 N–H and O–H groups in total. The quantitative estimate of drug-likeness (QED) is 0.569. The summed E-state index contributed by atoms with van der Waals surface area (Å²) in [6.45, 7) is 17.5. The molecule has 2 heteroatoms. The van der Waals surface area contributed by atoms with E-state index in [0.717, 1.165) is 5.92 Å². The highest BCUT2D eigenvalue weighted by Crippen LogP contribution is 2.13. The van der Waals surface area contributed by atoms with E-state index in [1.165, 1.54) is 51.7 Å². The zero-order chi connectivity index (χ0) is 14.7. The van der Waals surface area contributed by atoms with E-state index in [2.05, 4.69) is 51.8 Å². The fourth-order valence-corrected chi connectivity index (χ4v) is 2.65. The van der Waals surface area contributed by atoms with Crippen molar-refractivity contribution in [2.24, 2.45) is 5.92 Å². The van der Waals surface area contributed by atoms with E-state index in [-0.39, 0.29) is 0 Å². The topological polar surface area (TPSA) is 15.3 Å². The highest BCUT2D eigenvalue weighted by molar-refractivity contribution is 4.73. The molecule has 0 aromatic carbocycles. The monoisotopic (exact) mass is 270 g/mol. The molecule has 0 heterocycles. The van der Waals surface area contributed by atoms with Crippen molar-refractivity contribution >= 4 is 0 Å². The molecule has 116 valence electrons. The van der Waals surface area contributed by atoms with E-state index in [1.54, 1.807) is 0 Å². The molecule has 3 atom stereocenters. The lowest BCUT2D eigenvalue weighted by Gasteiger charge is -2.25. The van der Waals surface area contributed by atoms with E-state index in [0.29, 0.717) is 12.1 Å². The van der Waals surface area contributed by atoms with Crippen LogP contribution in [0.5, 0.6) is 0 Å². The van der Waals surface area contributed by atoms with Crippen molar-refractivity contribution < 1.29 is 0 Å². The molecule has 0 aromatic heterocycles. The first-order valence-corrected chi connectivity index (χ1v) is 8.55. The largest absolute Gasteiger partial charge is 0.312 e. The standard InChI is InChI=1S/C17H38N2/c1-7-15(5)14-17(8-2)18-16(6)12-11-13-19(9-3)10-4/h15-18H,7-14H2,1-6H3. The number of hydrogen-bond donors (Lipinski definition) is 1. The van der Waals surface area contributed by atoms with E-state index in [9.17, 15) is 0 Å². The Bertz CT molecular complexity index is 190. The molecule has 0 saturated carbocycles. The van der Waals surface area contributed by atoms with Crippen LogP contribution in [0, 0.1) is 5.92 Å². The number of hydrogen-bond acceptors (Lipinski definition) is 2. The third kappa shape index (κ3) is 9.45. The normalized spacial score (nSPS) is 16.6. The Labute approximate surface area is 122 Å². The Kier molecular flexibility index (Phi) is 11.7. The molecule has 0 fully saturated rings. The first-order chi connectivity index (χ1) is 9.07. The summed E-state index contributed by atoms with van der Waals surface area (Å²) in [5.74, 6) is 0.848. The molecule has 2 nitrogen and oxygen atoms in total. The lowest BCUT2D eigenvalue weighted by atomic mass is 9.97. The predicted molar refractivity (Wildman–Crippen MR) is 87.8 cm³/mol. The van der Waals surface area contributed by atoms with Crippen LogP contribution in [-0.2, 0) is 0 Å². The molecule has 0 saturated heterocycles. The van der Waals surface area contributed by atoms with Gasteiger partial charge in [0, 0.05) is 12.1 Å². The first kappa shape index (κ1) is 18.9. The maximum absolute atomic E-state index is 3.82. The number of nitrogens with zero attached hydrogens (tertiary/aromatic N) is 1. The fourth-order valence-electron chi connectivity index (χ4n) is 2.65. The van der Waals surface area contributed by atoms with Crippen LogP contribution in [0.3, 0.4) is 0 Å². The van der Waals surface area contributed by atoms with Crippen LogP contribution in [0.2, 0.25) is 0 Å². The van der Waals surface area contributed by atoms with Crippen LogP contribution < -0.4 is 5.32 Å². The molecule has 0 amide bonds. The highest BCUT2D eigenvalue weighted by Gasteiger charge is 2.13. The molecule has 0 aliphatic carbocycles. The van der Waals surface area contributed by atoms with Crippen LogP contribution in [-0.4, -0.2) is 36.6 Å². The first-order valence-electron chi connectivity index (χ1n) is 8.55. The van der Waals surface area contributed by atoms with E-state index in [4.69, 9.17) is 0 Å². The molecule has 0 aliphatic rings. The summed E-state index contributed by atoms with van der Waals surface area (Å²) in [7, 11) is 0. The van der Waals surface area contributed by atoms with Gasteiger partial charge in [-0.05, 0) is 58.2 Å². The molecule has 0 bridgehead atoms. The Balaban J connectivity index is 3.84. The minimum Gasteiger partial charge on any atom is -0.312 e. The van der Waals surface area contributed by atoms with Crippen LogP contribution in [0.25, 0.3) is 0 Å². The Morgan fingerprint density at radius 3 is 2.05 bits per heavy atom. The maximum Gasteiger partial charge on any atom is 0.00694 e. The molecular weight excluding hydrogens is 232 g/mol. The van der Waals surface area contributed by atoms with Gasteiger partial charge in [-0.25, -0.2) is 0 Å². The fraction of sp³-hybridized carbons (Fsp3) is 1.00. The van der Waals surface area contributed by atoms with Gasteiger partial charge in [0.25, 0.3) is 0 Å². The van der Waals surface area contributed by atoms with Crippen molar-refractivity contribution in [2.75, 3.05) is 19.6 Å². The molecule has 0 rings (SSSR count). The Morgan fingerprint density at radius 1 is 0.947 bits per heavy atom.